The van der Waals surface area contributed by atoms with E-state index in [-0.39, 0.29) is 24.1 Å². The predicted molar refractivity (Wildman–Crippen MR) is 108 cm³/mol. The van der Waals surface area contributed by atoms with E-state index in [0.29, 0.717) is 18.9 Å². The first-order valence-electron chi connectivity index (χ1n) is 10.7. The first kappa shape index (κ1) is 20.4. The number of nitrogens with one attached hydrogen (secondary N) is 1. The van der Waals surface area contributed by atoms with Crippen molar-refractivity contribution in [3.05, 3.63) is 5.82 Å². The molecule has 1 aromatic heterocycles. The first-order chi connectivity index (χ1) is 14.0. The van der Waals surface area contributed by atoms with E-state index in [1.54, 1.807) is 0 Å². The van der Waals surface area contributed by atoms with Gasteiger partial charge in [0.2, 0.25) is 11.8 Å². The number of thioether (sulfide) groups is 1. The maximum Gasteiger partial charge on any atom is 0.252 e. The lowest BCUT2D eigenvalue weighted by atomic mass is 9.78. The lowest BCUT2D eigenvalue weighted by molar-refractivity contribution is -0.158. The molecular weight excluding hydrogens is 390 g/mol. The summed E-state index contributed by atoms with van der Waals surface area (Å²) >= 11 is 1.37. The second-order valence-corrected chi connectivity index (χ2v) is 9.37. The molecule has 4 rings (SSSR count). The molecule has 0 atom stereocenters. The van der Waals surface area contributed by atoms with Gasteiger partial charge in [0.15, 0.2) is 5.16 Å². The molecule has 2 aliphatic carbocycles. The monoisotopic (exact) mass is 419 g/mol. The lowest BCUT2D eigenvalue weighted by Gasteiger charge is -2.47. The van der Waals surface area contributed by atoms with Crippen molar-refractivity contribution in [3.8, 4) is 0 Å². The Kier molecular flexibility index (Phi) is 5.94. The van der Waals surface area contributed by atoms with Gasteiger partial charge in [-0.05, 0) is 32.6 Å². The number of carbonyl (C=O) groups is 3. The van der Waals surface area contributed by atoms with Gasteiger partial charge in [0, 0.05) is 6.04 Å². The Morgan fingerprint density at radius 2 is 1.79 bits per heavy atom. The van der Waals surface area contributed by atoms with Crippen LogP contribution >= 0.6 is 11.8 Å². The van der Waals surface area contributed by atoms with Gasteiger partial charge >= 0.3 is 0 Å². The largest absolute Gasteiger partial charge is 0.318 e. The average molecular weight is 420 g/mol. The second kappa shape index (κ2) is 8.45. The van der Waals surface area contributed by atoms with E-state index in [0.717, 1.165) is 43.1 Å². The van der Waals surface area contributed by atoms with Crippen LogP contribution in [0.1, 0.15) is 76.1 Å². The van der Waals surface area contributed by atoms with Crippen LogP contribution in [0.5, 0.6) is 0 Å². The van der Waals surface area contributed by atoms with Crippen LogP contribution in [0.3, 0.4) is 0 Å². The highest BCUT2D eigenvalue weighted by atomic mass is 32.2. The molecule has 1 N–H and O–H groups in total. The quantitative estimate of drug-likeness (QED) is 0.594. The summed E-state index contributed by atoms with van der Waals surface area (Å²) in [5.74, 6) is 0.158. The first-order valence-corrected chi connectivity index (χ1v) is 11.7. The van der Waals surface area contributed by atoms with E-state index in [2.05, 4.69) is 20.1 Å². The van der Waals surface area contributed by atoms with E-state index >= 15 is 0 Å². The fourth-order valence-corrected chi connectivity index (χ4v) is 6.00. The van der Waals surface area contributed by atoms with Crippen molar-refractivity contribution in [1.29, 1.82) is 0 Å². The summed E-state index contributed by atoms with van der Waals surface area (Å²) in [5.41, 5.74) is -0.864. The van der Waals surface area contributed by atoms with E-state index in [9.17, 15) is 14.4 Å². The van der Waals surface area contributed by atoms with E-state index in [4.69, 9.17) is 0 Å². The summed E-state index contributed by atoms with van der Waals surface area (Å²) in [4.78, 5) is 39.4. The SMILES string of the molecule is Cc1nnc(SCC(=O)N2CC(=O)NC(=O)C23CCCCC3)n1C1CCCCC1. The standard InChI is InChI=1S/C20H29N5O3S/c1-14-22-23-19(25(14)15-8-4-2-5-9-15)29-13-17(27)24-12-16(26)21-18(28)20(24)10-6-3-7-11-20/h15H,2-13H2,1H3,(H,21,26,28). The molecule has 1 aromatic rings. The number of amides is 3. The molecule has 0 aromatic carbocycles. The van der Waals surface area contributed by atoms with Crippen LogP contribution in [0, 0.1) is 6.92 Å². The molecule has 1 saturated heterocycles. The van der Waals surface area contributed by atoms with Gasteiger partial charge < -0.3 is 9.47 Å². The summed E-state index contributed by atoms with van der Waals surface area (Å²) in [6.07, 6.45) is 10.0. The van der Waals surface area contributed by atoms with Gasteiger partial charge in [0.1, 0.15) is 17.9 Å². The van der Waals surface area contributed by atoms with E-state index < -0.39 is 11.4 Å². The molecule has 2 saturated carbocycles. The van der Waals surface area contributed by atoms with Gasteiger partial charge in [-0.3, -0.25) is 19.7 Å². The zero-order valence-electron chi connectivity index (χ0n) is 17.0. The van der Waals surface area contributed by atoms with Crippen LogP contribution < -0.4 is 5.32 Å². The number of rotatable bonds is 4. The van der Waals surface area contributed by atoms with Gasteiger partial charge in [-0.1, -0.05) is 50.3 Å². The Hall–Kier alpha value is -1.90. The van der Waals surface area contributed by atoms with Crippen molar-refractivity contribution in [1.82, 2.24) is 25.0 Å². The normalized spacial score (nSPS) is 22.7. The van der Waals surface area contributed by atoms with Gasteiger partial charge in [-0.25, -0.2) is 0 Å². The molecular formula is C20H29N5O3S. The Morgan fingerprint density at radius 1 is 1.10 bits per heavy atom. The molecule has 0 unspecified atom stereocenters. The Morgan fingerprint density at radius 3 is 2.52 bits per heavy atom. The number of hydrogen-bond acceptors (Lipinski definition) is 6. The number of aromatic nitrogens is 3. The third-order valence-electron chi connectivity index (χ3n) is 6.58. The van der Waals surface area contributed by atoms with Crippen molar-refractivity contribution in [2.24, 2.45) is 0 Å². The predicted octanol–water partition coefficient (Wildman–Crippen LogP) is 2.37. The molecule has 2 heterocycles. The molecule has 8 nitrogen and oxygen atoms in total. The molecule has 3 amide bonds. The average Bonchev–Trinajstić information content (AvgIpc) is 3.11. The molecule has 0 radical (unpaired) electrons. The van der Waals surface area contributed by atoms with Crippen LogP contribution in [0.15, 0.2) is 5.16 Å². The molecule has 1 aliphatic heterocycles. The summed E-state index contributed by atoms with van der Waals surface area (Å²) in [7, 11) is 0. The zero-order chi connectivity index (χ0) is 20.4. The summed E-state index contributed by atoms with van der Waals surface area (Å²) in [5, 5.41) is 11.7. The zero-order valence-corrected chi connectivity index (χ0v) is 17.8. The fourth-order valence-electron chi connectivity index (χ4n) is 5.07. The van der Waals surface area contributed by atoms with Crippen LogP contribution in [0.4, 0.5) is 0 Å². The maximum absolute atomic E-state index is 13.1. The number of hydrogen-bond donors (Lipinski definition) is 1. The minimum absolute atomic E-state index is 0.0422. The number of nitrogens with zero attached hydrogens (tertiary/aromatic N) is 4. The molecule has 1 spiro atoms. The minimum atomic E-state index is -0.864. The van der Waals surface area contributed by atoms with Crippen LogP contribution in [-0.2, 0) is 14.4 Å². The molecule has 9 heteroatoms. The highest BCUT2D eigenvalue weighted by Gasteiger charge is 2.50. The Balaban J connectivity index is 1.49. The van der Waals surface area contributed by atoms with Crippen LogP contribution in [-0.4, -0.2) is 55.2 Å². The molecule has 158 valence electrons. The Labute approximate surface area is 175 Å². The van der Waals surface area contributed by atoms with Crippen molar-refractivity contribution in [2.75, 3.05) is 12.3 Å². The molecule has 3 fully saturated rings. The van der Waals surface area contributed by atoms with Gasteiger partial charge in [0.25, 0.3) is 5.91 Å². The van der Waals surface area contributed by atoms with Gasteiger partial charge in [-0.15, -0.1) is 10.2 Å². The molecule has 0 bridgehead atoms. The van der Waals surface area contributed by atoms with Crippen molar-refractivity contribution < 1.29 is 14.4 Å². The van der Waals surface area contributed by atoms with E-state index in [1.165, 1.54) is 35.9 Å². The second-order valence-electron chi connectivity index (χ2n) is 8.43. The number of piperazine rings is 1. The van der Waals surface area contributed by atoms with Crippen molar-refractivity contribution >= 4 is 29.5 Å². The van der Waals surface area contributed by atoms with Gasteiger partial charge in [0.05, 0.1) is 5.75 Å². The van der Waals surface area contributed by atoms with Crippen molar-refractivity contribution in [2.45, 2.75) is 87.9 Å². The summed E-state index contributed by atoms with van der Waals surface area (Å²) < 4.78 is 2.17. The van der Waals surface area contributed by atoms with Gasteiger partial charge in [-0.2, -0.15) is 0 Å². The lowest BCUT2D eigenvalue weighted by Crippen LogP contribution is -2.69. The number of carbonyl (C=O) groups excluding carboxylic acids is 3. The Bertz CT molecular complexity index is 796. The topological polar surface area (TPSA) is 97.2 Å². The van der Waals surface area contributed by atoms with Crippen LogP contribution in [0.25, 0.3) is 0 Å². The number of aryl methyl sites for hydroxylation is 1. The smallest absolute Gasteiger partial charge is 0.252 e. The number of imide groups is 1. The molecule has 3 aliphatic rings. The third kappa shape index (κ3) is 3.93. The van der Waals surface area contributed by atoms with Crippen molar-refractivity contribution in [3.63, 3.8) is 0 Å². The fraction of sp³-hybridized carbons (Fsp3) is 0.750. The van der Waals surface area contributed by atoms with Crippen LogP contribution in [0.2, 0.25) is 0 Å². The molecule has 29 heavy (non-hydrogen) atoms. The summed E-state index contributed by atoms with van der Waals surface area (Å²) in [6.45, 7) is 1.91. The third-order valence-corrected chi connectivity index (χ3v) is 7.50. The maximum atomic E-state index is 13.1. The minimum Gasteiger partial charge on any atom is -0.318 e. The van der Waals surface area contributed by atoms with E-state index in [1.807, 2.05) is 6.92 Å². The highest BCUT2D eigenvalue weighted by molar-refractivity contribution is 7.99. The highest BCUT2D eigenvalue weighted by Crippen LogP contribution is 2.37. The summed E-state index contributed by atoms with van der Waals surface area (Å²) in [6, 6.07) is 0.392.